The van der Waals surface area contributed by atoms with E-state index in [9.17, 15) is 0 Å². The van der Waals surface area contributed by atoms with Gasteiger partial charge in [0.2, 0.25) is 17.6 Å². The summed E-state index contributed by atoms with van der Waals surface area (Å²) in [6.07, 6.45) is 0. The van der Waals surface area contributed by atoms with Crippen LogP contribution in [0.5, 0.6) is 0 Å². The van der Waals surface area contributed by atoms with Crippen LogP contribution in [0.15, 0.2) is 63.5 Å². The van der Waals surface area contributed by atoms with Crippen LogP contribution in [0.4, 0.5) is 0 Å². The molecule has 8 heteroatoms. The summed E-state index contributed by atoms with van der Waals surface area (Å²) in [6.45, 7) is 0.267. The summed E-state index contributed by atoms with van der Waals surface area (Å²) >= 11 is 3.40. The van der Waals surface area contributed by atoms with Gasteiger partial charge in [0, 0.05) is 15.6 Å². The molecule has 0 aliphatic rings. The van der Waals surface area contributed by atoms with Gasteiger partial charge in [-0.2, -0.15) is 4.80 Å². The van der Waals surface area contributed by atoms with Crippen molar-refractivity contribution < 1.29 is 4.42 Å². The Balaban J connectivity index is 1.52. The highest BCUT2D eigenvalue weighted by Gasteiger charge is 2.11. The highest BCUT2D eigenvalue weighted by atomic mass is 79.9. The maximum Gasteiger partial charge on any atom is 0.247 e. The van der Waals surface area contributed by atoms with Crippen LogP contribution in [-0.4, -0.2) is 30.4 Å². The average molecular weight is 383 g/mol. The van der Waals surface area contributed by atoms with Gasteiger partial charge in [0.25, 0.3) is 0 Å². The van der Waals surface area contributed by atoms with Crippen molar-refractivity contribution in [2.75, 3.05) is 0 Å². The molecule has 0 fully saturated rings. The van der Waals surface area contributed by atoms with E-state index in [1.807, 2.05) is 54.6 Å². The lowest BCUT2D eigenvalue weighted by atomic mass is 10.2. The normalized spacial score (nSPS) is 10.9. The number of hydrogen-bond acceptors (Lipinski definition) is 6. The summed E-state index contributed by atoms with van der Waals surface area (Å²) in [5.41, 5.74) is 1.76. The molecule has 0 unspecified atom stereocenters. The molecule has 4 aromatic rings. The first kappa shape index (κ1) is 14.7. The van der Waals surface area contributed by atoms with Gasteiger partial charge in [0.1, 0.15) is 6.54 Å². The fraction of sp³-hybridized carbons (Fsp3) is 0.0625. The Morgan fingerprint density at radius 2 is 1.67 bits per heavy atom. The molecule has 0 N–H and O–H groups in total. The van der Waals surface area contributed by atoms with Gasteiger partial charge in [-0.3, -0.25) is 0 Å². The van der Waals surface area contributed by atoms with Crippen molar-refractivity contribution in [3.63, 3.8) is 0 Å². The van der Waals surface area contributed by atoms with E-state index in [-0.39, 0.29) is 6.54 Å². The van der Waals surface area contributed by atoms with Gasteiger partial charge in [-0.15, -0.1) is 20.4 Å². The molecule has 118 valence electrons. The third kappa shape index (κ3) is 3.09. The summed E-state index contributed by atoms with van der Waals surface area (Å²) in [6, 6.07) is 17.3. The lowest BCUT2D eigenvalue weighted by Crippen LogP contribution is -2.04. The van der Waals surface area contributed by atoms with Crippen LogP contribution >= 0.6 is 15.9 Å². The Kier molecular flexibility index (Phi) is 3.87. The van der Waals surface area contributed by atoms with Gasteiger partial charge >= 0.3 is 0 Å². The lowest BCUT2D eigenvalue weighted by molar-refractivity contribution is 0.446. The second kappa shape index (κ2) is 6.32. The molecule has 7 nitrogen and oxygen atoms in total. The zero-order valence-corrected chi connectivity index (χ0v) is 14.0. The van der Waals surface area contributed by atoms with Crippen molar-refractivity contribution in [3.8, 4) is 22.8 Å². The molecule has 2 aromatic carbocycles. The molecule has 0 spiro atoms. The van der Waals surface area contributed by atoms with Crippen molar-refractivity contribution in [3.05, 3.63) is 65.0 Å². The Labute approximate surface area is 145 Å². The van der Waals surface area contributed by atoms with E-state index in [0.717, 1.165) is 15.6 Å². The molecule has 4 rings (SSSR count). The quantitative estimate of drug-likeness (QED) is 0.538. The number of rotatable bonds is 4. The second-order valence-electron chi connectivity index (χ2n) is 5.02. The van der Waals surface area contributed by atoms with Crippen molar-refractivity contribution >= 4 is 15.9 Å². The SMILES string of the molecule is Brc1ccc(-c2nnc(Cn3nnc(-c4ccccc4)n3)o2)cc1. The molecule has 24 heavy (non-hydrogen) atoms. The standard InChI is InChI=1S/C16H11BrN6O/c17-13-8-6-12(7-9-13)16-20-18-14(24-16)10-23-21-15(19-22-23)11-4-2-1-3-5-11/h1-9H,10H2. The smallest absolute Gasteiger partial charge is 0.247 e. The highest BCUT2D eigenvalue weighted by Crippen LogP contribution is 2.20. The first-order valence-electron chi connectivity index (χ1n) is 7.19. The van der Waals surface area contributed by atoms with Gasteiger partial charge < -0.3 is 4.42 Å². The van der Waals surface area contributed by atoms with E-state index >= 15 is 0 Å². The lowest BCUT2D eigenvalue weighted by Gasteiger charge is -1.95. The summed E-state index contributed by atoms with van der Waals surface area (Å²) in [4.78, 5) is 1.43. The largest absolute Gasteiger partial charge is 0.419 e. The predicted molar refractivity (Wildman–Crippen MR) is 89.8 cm³/mol. The first-order chi connectivity index (χ1) is 11.8. The van der Waals surface area contributed by atoms with E-state index in [1.54, 1.807) is 0 Å². The van der Waals surface area contributed by atoms with Crippen molar-refractivity contribution in [1.29, 1.82) is 0 Å². The number of nitrogens with zero attached hydrogens (tertiary/aromatic N) is 6. The molecule has 0 atom stereocenters. The van der Waals surface area contributed by atoms with E-state index in [4.69, 9.17) is 4.42 Å². The zero-order chi connectivity index (χ0) is 16.4. The van der Waals surface area contributed by atoms with E-state index < -0.39 is 0 Å². The molecule has 0 aliphatic carbocycles. The number of aromatic nitrogens is 6. The maximum absolute atomic E-state index is 5.66. The van der Waals surface area contributed by atoms with E-state index in [1.165, 1.54) is 4.80 Å². The van der Waals surface area contributed by atoms with Crippen LogP contribution < -0.4 is 0 Å². The van der Waals surface area contributed by atoms with Gasteiger partial charge in [0.15, 0.2) is 0 Å². The zero-order valence-electron chi connectivity index (χ0n) is 12.4. The monoisotopic (exact) mass is 382 g/mol. The van der Waals surface area contributed by atoms with Crippen molar-refractivity contribution in [1.82, 2.24) is 30.4 Å². The molecule has 0 bridgehead atoms. The fourth-order valence-electron chi connectivity index (χ4n) is 2.16. The van der Waals surface area contributed by atoms with Crippen molar-refractivity contribution in [2.24, 2.45) is 0 Å². The van der Waals surface area contributed by atoms with Gasteiger partial charge in [-0.25, -0.2) is 0 Å². The van der Waals surface area contributed by atoms with Crippen molar-refractivity contribution in [2.45, 2.75) is 6.54 Å². The molecule has 0 radical (unpaired) electrons. The minimum absolute atomic E-state index is 0.267. The fourth-order valence-corrected chi connectivity index (χ4v) is 2.42. The molecule has 0 amide bonds. The van der Waals surface area contributed by atoms with Crippen LogP contribution in [0.3, 0.4) is 0 Å². The summed E-state index contributed by atoms with van der Waals surface area (Å²) in [7, 11) is 0. The van der Waals surface area contributed by atoms with Gasteiger partial charge in [-0.1, -0.05) is 46.3 Å². The Morgan fingerprint density at radius 3 is 2.46 bits per heavy atom. The molecule has 0 aliphatic heterocycles. The summed E-state index contributed by atoms with van der Waals surface area (Å²) in [5, 5.41) is 20.5. The topological polar surface area (TPSA) is 82.5 Å². The third-order valence-electron chi connectivity index (χ3n) is 3.32. The van der Waals surface area contributed by atoms with Crippen LogP contribution in [0.1, 0.15) is 5.89 Å². The van der Waals surface area contributed by atoms with Crippen LogP contribution in [0.2, 0.25) is 0 Å². The highest BCUT2D eigenvalue weighted by molar-refractivity contribution is 9.10. The Morgan fingerprint density at radius 1 is 0.875 bits per heavy atom. The van der Waals surface area contributed by atoms with Crippen LogP contribution in [0, 0.1) is 0 Å². The molecular weight excluding hydrogens is 372 g/mol. The minimum Gasteiger partial charge on any atom is -0.419 e. The molecule has 0 saturated heterocycles. The summed E-state index contributed by atoms with van der Waals surface area (Å²) in [5.74, 6) is 1.44. The molecule has 0 saturated carbocycles. The molecule has 2 aromatic heterocycles. The predicted octanol–water partition coefficient (Wildman–Crippen LogP) is 3.20. The van der Waals surface area contributed by atoms with Gasteiger partial charge in [0.05, 0.1) is 0 Å². The first-order valence-corrected chi connectivity index (χ1v) is 7.99. The number of benzene rings is 2. The number of hydrogen-bond donors (Lipinski definition) is 0. The maximum atomic E-state index is 5.66. The minimum atomic E-state index is 0.267. The van der Waals surface area contributed by atoms with E-state index in [2.05, 4.69) is 41.5 Å². The number of halogens is 1. The molecule has 2 heterocycles. The Hall–Kier alpha value is -2.87. The van der Waals surface area contributed by atoms with Crippen LogP contribution in [-0.2, 0) is 6.54 Å². The second-order valence-corrected chi connectivity index (χ2v) is 5.93. The summed E-state index contributed by atoms with van der Waals surface area (Å²) < 4.78 is 6.65. The average Bonchev–Trinajstić information content (AvgIpc) is 3.27. The number of tetrazole rings is 1. The third-order valence-corrected chi connectivity index (χ3v) is 3.85. The Bertz CT molecular complexity index is 948. The van der Waals surface area contributed by atoms with E-state index in [0.29, 0.717) is 17.6 Å². The van der Waals surface area contributed by atoms with Gasteiger partial charge in [-0.05, 0) is 29.5 Å². The molecular formula is C16H11BrN6O. The van der Waals surface area contributed by atoms with Crippen LogP contribution in [0.25, 0.3) is 22.8 Å².